The molecule has 2 aliphatic rings. The summed E-state index contributed by atoms with van der Waals surface area (Å²) < 4.78 is 0. The number of H-pyrrole nitrogens is 1. The smallest absolute Gasteiger partial charge is 0.304 e. The number of nitrogens with zero attached hydrogens (tertiary/aromatic N) is 1. The van der Waals surface area contributed by atoms with Crippen LogP contribution in [0.1, 0.15) is 37.8 Å². The first-order valence-corrected chi connectivity index (χ1v) is 7.74. The third kappa shape index (κ3) is 2.37. The van der Waals surface area contributed by atoms with Crippen LogP contribution in [0.25, 0.3) is 0 Å². The Hall–Kier alpha value is -1.63. The van der Waals surface area contributed by atoms with Crippen LogP contribution in [0.2, 0.25) is 0 Å². The summed E-state index contributed by atoms with van der Waals surface area (Å²) in [6.45, 7) is 0.366. The highest BCUT2D eigenvalue weighted by molar-refractivity contribution is 7.07. The van der Waals surface area contributed by atoms with Crippen LogP contribution in [0.5, 0.6) is 0 Å². The minimum Gasteiger partial charge on any atom is -0.340 e. The lowest BCUT2D eigenvalue weighted by atomic mass is 9.79. The van der Waals surface area contributed by atoms with Gasteiger partial charge < -0.3 is 15.2 Å². The largest absolute Gasteiger partial charge is 0.340 e. The summed E-state index contributed by atoms with van der Waals surface area (Å²) in [5.41, 5.74) is -0.0156. The van der Waals surface area contributed by atoms with Gasteiger partial charge >= 0.3 is 4.87 Å². The van der Waals surface area contributed by atoms with E-state index in [0.29, 0.717) is 25.1 Å². The molecule has 0 unspecified atom stereocenters. The highest BCUT2D eigenvalue weighted by atomic mass is 32.1. The standard InChI is InChI=1S/C13H17N3O3S/c17-10-7-16(6-9-8-20-12(19)14-9)11(18)13(15-10)4-2-1-3-5-13/h8H,1-7H2,(H,14,19)(H,15,17). The van der Waals surface area contributed by atoms with Crippen molar-refractivity contribution >= 4 is 23.2 Å². The first-order valence-electron chi connectivity index (χ1n) is 6.86. The third-order valence-electron chi connectivity index (χ3n) is 4.05. The van der Waals surface area contributed by atoms with Crippen LogP contribution in [-0.4, -0.2) is 33.8 Å². The molecular weight excluding hydrogens is 278 g/mol. The quantitative estimate of drug-likeness (QED) is 0.838. The molecule has 2 N–H and O–H groups in total. The lowest BCUT2D eigenvalue weighted by Gasteiger charge is -2.44. The van der Waals surface area contributed by atoms with Crippen LogP contribution < -0.4 is 10.2 Å². The summed E-state index contributed by atoms with van der Waals surface area (Å²) >= 11 is 1.07. The van der Waals surface area contributed by atoms with E-state index in [2.05, 4.69) is 10.3 Å². The van der Waals surface area contributed by atoms with Gasteiger partial charge in [0.25, 0.3) is 0 Å². The number of nitrogens with one attached hydrogen (secondary N) is 2. The van der Waals surface area contributed by atoms with Crippen LogP contribution in [0, 0.1) is 0 Å². The second kappa shape index (κ2) is 5.05. The molecule has 0 atom stereocenters. The molecule has 2 amide bonds. The highest BCUT2D eigenvalue weighted by Crippen LogP contribution is 2.32. The maximum atomic E-state index is 12.7. The number of piperazine rings is 1. The Kier molecular flexibility index (Phi) is 3.37. The van der Waals surface area contributed by atoms with Gasteiger partial charge in [0.05, 0.1) is 6.54 Å². The number of hydrogen-bond donors (Lipinski definition) is 2. The molecule has 1 saturated carbocycles. The van der Waals surface area contributed by atoms with E-state index < -0.39 is 5.54 Å². The summed E-state index contributed by atoms with van der Waals surface area (Å²) in [7, 11) is 0. The van der Waals surface area contributed by atoms with Gasteiger partial charge in [0.2, 0.25) is 11.8 Å². The second-order valence-corrected chi connectivity index (χ2v) is 6.37. The maximum absolute atomic E-state index is 12.7. The Labute approximate surface area is 120 Å². The molecule has 1 aliphatic heterocycles. The minimum absolute atomic E-state index is 0.0103. The van der Waals surface area contributed by atoms with E-state index in [4.69, 9.17) is 0 Å². The van der Waals surface area contributed by atoms with Crippen LogP contribution in [-0.2, 0) is 16.1 Å². The minimum atomic E-state index is -0.704. The van der Waals surface area contributed by atoms with Gasteiger partial charge in [-0.15, -0.1) is 0 Å². The Bertz CT molecular complexity index is 586. The lowest BCUT2D eigenvalue weighted by Crippen LogP contribution is -2.66. The SMILES string of the molecule is O=C1CN(Cc2csc(=O)[nH]2)C(=O)C2(CCCCC2)N1. The molecule has 108 valence electrons. The fourth-order valence-corrected chi connectivity index (χ4v) is 3.70. The number of hydrogen-bond acceptors (Lipinski definition) is 4. The Morgan fingerprint density at radius 1 is 1.20 bits per heavy atom. The molecule has 1 aromatic heterocycles. The van der Waals surface area contributed by atoms with Gasteiger partial charge in [-0.3, -0.25) is 14.4 Å². The summed E-state index contributed by atoms with van der Waals surface area (Å²) in [4.78, 5) is 39.9. The van der Waals surface area contributed by atoms with E-state index in [1.54, 1.807) is 10.3 Å². The van der Waals surface area contributed by atoms with Crippen LogP contribution in [0.4, 0.5) is 0 Å². The molecule has 6 nitrogen and oxygen atoms in total. The van der Waals surface area contributed by atoms with Gasteiger partial charge in [-0.1, -0.05) is 30.6 Å². The number of carbonyl (C=O) groups excluding carboxylic acids is 2. The molecule has 2 fully saturated rings. The fourth-order valence-electron chi connectivity index (χ4n) is 3.13. The molecule has 7 heteroatoms. The van der Waals surface area contributed by atoms with E-state index in [1.165, 1.54) is 0 Å². The zero-order chi connectivity index (χ0) is 14.2. The molecule has 20 heavy (non-hydrogen) atoms. The topological polar surface area (TPSA) is 82.3 Å². The molecule has 1 aromatic rings. The fraction of sp³-hybridized carbons (Fsp3) is 0.615. The monoisotopic (exact) mass is 295 g/mol. The Morgan fingerprint density at radius 3 is 2.60 bits per heavy atom. The first-order chi connectivity index (χ1) is 9.59. The van der Waals surface area contributed by atoms with E-state index in [9.17, 15) is 14.4 Å². The Balaban J connectivity index is 1.81. The van der Waals surface area contributed by atoms with Crippen molar-refractivity contribution in [2.24, 2.45) is 0 Å². The van der Waals surface area contributed by atoms with Gasteiger partial charge in [0.15, 0.2) is 0 Å². The van der Waals surface area contributed by atoms with E-state index in [0.717, 1.165) is 30.6 Å². The molecule has 3 rings (SSSR count). The molecule has 2 heterocycles. The van der Waals surface area contributed by atoms with Gasteiger partial charge in [-0.05, 0) is 12.8 Å². The maximum Gasteiger partial charge on any atom is 0.304 e. The number of aromatic nitrogens is 1. The van der Waals surface area contributed by atoms with Gasteiger partial charge in [0, 0.05) is 11.1 Å². The highest BCUT2D eigenvalue weighted by Gasteiger charge is 2.46. The van der Waals surface area contributed by atoms with Crippen molar-refractivity contribution in [3.05, 3.63) is 20.7 Å². The van der Waals surface area contributed by atoms with Gasteiger partial charge in [0.1, 0.15) is 12.1 Å². The van der Waals surface area contributed by atoms with Crippen molar-refractivity contribution in [2.75, 3.05) is 6.54 Å². The predicted octanol–water partition coefficient (Wildman–Crippen LogP) is 0.598. The molecular formula is C13H17N3O3S. The van der Waals surface area contributed by atoms with Crippen LogP contribution in [0.3, 0.4) is 0 Å². The van der Waals surface area contributed by atoms with Crippen molar-refractivity contribution in [1.82, 2.24) is 15.2 Å². The zero-order valence-corrected chi connectivity index (χ0v) is 11.9. The summed E-state index contributed by atoms with van der Waals surface area (Å²) in [6.07, 6.45) is 4.48. The molecule has 0 radical (unpaired) electrons. The van der Waals surface area contributed by atoms with Crippen molar-refractivity contribution in [2.45, 2.75) is 44.2 Å². The first kappa shape index (κ1) is 13.4. The normalized spacial score (nSPS) is 22.1. The number of carbonyl (C=O) groups is 2. The Morgan fingerprint density at radius 2 is 1.95 bits per heavy atom. The van der Waals surface area contributed by atoms with Crippen LogP contribution in [0.15, 0.2) is 10.2 Å². The third-order valence-corrected chi connectivity index (χ3v) is 4.77. The summed E-state index contributed by atoms with van der Waals surface area (Å²) in [5.74, 6) is -0.118. The molecule has 1 saturated heterocycles. The van der Waals surface area contributed by atoms with E-state index >= 15 is 0 Å². The van der Waals surface area contributed by atoms with Crippen LogP contribution >= 0.6 is 11.3 Å². The average molecular weight is 295 g/mol. The van der Waals surface area contributed by atoms with Crippen molar-refractivity contribution in [3.63, 3.8) is 0 Å². The number of thiazole rings is 1. The predicted molar refractivity (Wildman–Crippen MR) is 74.3 cm³/mol. The molecule has 1 aliphatic carbocycles. The summed E-state index contributed by atoms with van der Waals surface area (Å²) in [5, 5.41) is 4.61. The van der Waals surface area contributed by atoms with E-state index in [-0.39, 0.29) is 23.2 Å². The van der Waals surface area contributed by atoms with Gasteiger partial charge in [-0.2, -0.15) is 0 Å². The molecule has 1 spiro atoms. The lowest BCUT2D eigenvalue weighted by molar-refractivity contribution is -0.152. The van der Waals surface area contributed by atoms with Crippen molar-refractivity contribution < 1.29 is 9.59 Å². The summed E-state index contributed by atoms with van der Waals surface area (Å²) in [6, 6.07) is 0. The number of rotatable bonds is 2. The molecule has 0 aromatic carbocycles. The van der Waals surface area contributed by atoms with E-state index in [1.807, 2.05) is 0 Å². The van der Waals surface area contributed by atoms with Gasteiger partial charge in [-0.25, -0.2) is 0 Å². The number of amides is 2. The van der Waals surface area contributed by atoms with Crippen molar-refractivity contribution in [1.29, 1.82) is 0 Å². The second-order valence-electron chi connectivity index (χ2n) is 5.53. The number of aromatic amines is 1. The molecule has 0 bridgehead atoms. The van der Waals surface area contributed by atoms with Crippen molar-refractivity contribution in [3.8, 4) is 0 Å². The average Bonchev–Trinajstić information content (AvgIpc) is 2.82. The zero-order valence-electron chi connectivity index (χ0n) is 11.1.